The maximum atomic E-state index is 15.1. The molecule has 4 rings (SSSR count). The number of ether oxygens (including phenoxy) is 4. The maximum absolute atomic E-state index is 15.1. The van der Waals surface area contributed by atoms with Crippen LogP contribution in [0.3, 0.4) is 0 Å². The summed E-state index contributed by atoms with van der Waals surface area (Å²) < 4.78 is 52.6. The molecule has 0 atom stereocenters. The first-order valence-electron chi connectivity index (χ1n) is 13.8. The van der Waals surface area contributed by atoms with Gasteiger partial charge in [-0.1, -0.05) is 6.92 Å². The number of hydrogen-bond acceptors (Lipinski definition) is 8. The van der Waals surface area contributed by atoms with Crippen molar-refractivity contribution in [3.05, 3.63) is 77.8 Å². The summed E-state index contributed by atoms with van der Waals surface area (Å²) in [6, 6.07) is 8.30. The minimum Gasteiger partial charge on any atom is -0.493 e. The van der Waals surface area contributed by atoms with Crippen molar-refractivity contribution >= 4 is 28.6 Å². The maximum Gasteiger partial charge on any atom is 0.410 e. The molecule has 2 aromatic heterocycles. The van der Waals surface area contributed by atoms with E-state index in [0.717, 1.165) is 17.7 Å². The summed E-state index contributed by atoms with van der Waals surface area (Å²) in [5.41, 5.74) is 0.768. The standard InChI is InChI=1S/C32H34F2N4O6/c1-7-19-8-10-35-18-22(19)30(39)37-20-14-23(33)29(24(34)15-20)43-26-9-11-36-25-17-28(27(41-6)16-21(25)26)42-13-12-38(5)31(40)44-32(2,3)4/h8-11,14-18H,7,12-13H2,1-6H3,(H,37,39). The van der Waals surface area contributed by atoms with Gasteiger partial charge in [-0.2, -0.15) is 0 Å². The van der Waals surface area contributed by atoms with Crippen LogP contribution in [-0.2, 0) is 11.2 Å². The van der Waals surface area contributed by atoms with E-state index < -0.39 is 35.0 Å². The van der Waals surface area contributed by atoms with Crippen molar-refractivity contribution in [3.63, 3.8) is 0 Å². The van der Waals surface area contributed by atoms with E-state index in [0.29, 0.717) is 34.4 Å². The zero-order valence-corrected chi connectivity index (χ0v) is 25.4. The highest BCUT2D eigenvalue weighted by Crippen LogP contribution is 2.38. The third-order valence-electron chi connectivity index (χ3n) is 6.38. The number of likely N-dealkylation sites (N-methyl/N-ethyl adjacent to an activating group) is 1. The molecule has 4 aromatic rings. The lowest BCUT2D eigenvalue weighted by Gasteiger charge is -2.24. The van der Waals surface area contributed by atoms with Gasteiger partial charge in [-0.25, -0.2) is 13.6 Å². The Morgan fingerprint density at radius 3 is 2.39 bits per heavy atom. The molecule has 12 heteroatoms. The predicted octanol–water partition coefficient (Wildman–Crippen LogP) is 6.77. The quantitative estimate of drug-likeness (QED) is 0.210. The molecule has 2 aromatic carbocycles. The summed E-state index contributed by atoms with van der Waals surface area (Å²) >= 11 is 0. The molecule has 2 amide bonds. The molecule has 0 bridgehead atoms. The fourth-order valence-corrected chi connectivity index (χ4v) is 4.19. The van der Waals surface area contributed by atoms with Crippen LogP contribution in [0.4, 0.5) is 19.3 Å². The summed E-state index contributed by atoms with van der Waals surface area (Å²) in [5, 5.41) is 2.92. The van der Waals surface area contributed by atoms with Crippen molar-refractivity contribution in [3.8, 4) is 23.0 Å². The Balaban J connectivity index is 1.51. The van der Waals surface area contributed by atoms with Crippen LogP contribution in [0.15, 0.2) is 55.0 Å². The van der Waals surface area contributed by atoms with Crippen LogP contribution in [0.2, 0.25) is 0 Å². The first-order valence-corrected chi connectivity index (χ1v) is 13.8. The molecule has 0 radical (unpaired) electrons. The van der Waals surface area contributed by atoms with Gasteiger partial charge in [0.2, 0.25) is 0 Å². The second kappa shape index (κ2) is 13.5. The second-order valence-corrected chi connectivity index (χ2v) is 10.8. The van der Waals surface area contributed by atoms with Crippen molar-refractivity contribution in [1.29, 1.82) is 0 Å². The minimum atomic E-state index is -1.02. The first-order chi connectivity index (χ1) is 20.9. The number of anilines is 1. The highest BCUT2D eigenvalue weighted by atomic mass is 19.1. The average molecular weight is 609 g/mol. The van der Waals surface area contributed by atoms with E-state index in [2.05, 4.69) is 15.3 Å². The summed E-state index contributed by atoms with van der Waals surface area (Å²) in [6.07, 6.45) is 4.50. The van der Waals surface area contributed by atoms with Gasteiger partial charge in [-0.15, -0.1) is 0 Å². The Hall–Kier alpha value is -5.00. The lowest BCUT2D eigenvalue weighted by Crippen LogP contribution is -2.36. The van der Waals surface area contributed by atoms with Crippen LogP contribution in [0.1, 0.15) is 43.6 Å². The normalized spacial score (nSPS) is 11.2. The molecular formula is C32H34F2N4O6. The Morgan fingerprint density at radius 2 is 1.73 bits per heavy atom. The number of nitrogens with zero attached hydrogens (tertiary/aromatic N) is 3. The Labute approximate surface area is 253 Å². The van der Waals surface area contributed by atoms with Crippen molar-refractivity contribution in [2.45, 2.75) is 39.7 Å². The van der Waals surface area contributed by atoms with Crippen molar-refractivity contribution < 1.29 is 37.3 Å². The zero-order chi connectivity index (χ0) is 32.0. The fourth-order valence-electron chi connectivity index (χ4n) is 4.19. The number of benzene rings is 2. The molecule has 0 spiro atoms. The third kappa shape index (κ3) is 7.68. The van der Waals surface area contributed by atoms with Crippen LogP contribution in [0.5, 0.6) is 23.0 Å². The van der Waals surface area contributed by atoms with Gasteiger partial charge in [-0.3, -0.25) is 14.8 Å². The SMILES string of the molecule is CCc1ccncc1C(=O)Nc1cc(F)c(Oc2ccnc3cc(OCCN(C)C(=O)OC(C)(C)C)c(OC)cc23)c(F)c1. The molecule has 0 aliphatic carbocycles. The topological polar surface area (TPSA) is 112 Å². The van der Waals surface area contributed by atoms with E-state index in [-0.39, 0.29) is 24.6 Å². The number of amides is 2. The van der Waals surface area contributed by atoms with Gasteiger partial charge in [0, 0.05) is 54.9 Å². The lowest BCUT2D eigenvalue weighted by molar-refractivity contribution is 0.0278. The number of hydrogen-bond donors (Lipinski definition) is 1. The number of aryl methyl sites for hydroxylation is 1. The third-order valence-corrected chi connectivity index (χ3v) is 6.38. The molecule has 0 unspecified atom stereocenters. The van der Waals surface area contributed by atoms with E-state index in [1.54, 1.807) is 52.2 Å². The number of carbonyl (C=O) groups excluding carboxylic acids is 2. The summed E-state index contributed by atoms with van der Waals surface area (Å²) in [6.45, 7) is 7.60. The molecule has 0 aliphatic heterocycles. The van der Waals surface area contributed by atoms with Gasteiger partial charge in [0.1, 0.15) is 18.0 Å². The Bertz CT molecular complexity index is 1650. The molecule has 0 saturated carbocycles. The van der Waals surface area contributed by atoms with Gasteiger partial charge >= 0.3 is 6.09 Å². The average Bonchev–Trinajstić information content (AvgIpc) is 2.97. The molecule has 0 saturated heterocycles. The largest absolute Gasteiger partial charge is 0.493 e. The van der Waals surface area contributed by atoms with Gasteiger partial charge in [0.05, 0.1) is 24.7 Å². The van der Waals surface area contributed by atoms with E-state index in [1.165, 1.54) is 30.5 Å². The van der Waals surface area contributed by atoms with Gasteiger partial charge in [-0.05, 0) is 51.0 Å². The van der Waals surface area contributed by atoms with Crippen LogP contribution in [0.25, 0.3) is 10.9 Å². The number of rotatable bonds is 10. The van der Waals surface area contributed by atoms with E-state index in [9.17, 15) is 9.59 Å². The molecule has 232 valence electrons. The summed E-state index contributed by atoms with van der Waals surface area (Å²) in [5.74, 6) is -2.46. The van der Waals surface area contributed by atoms with Gasteiger partial charge in [0.15, 0.2) is 28.9 Å². The number of halogens is 2. The molecule has 10 nitrogen and oxygen atoms in total. The second-order valence-electron chi connectivity index (χ2n) is 10.8. The zero-order valence-electron chi connectivity index (χ0n) is 25.4. The first kappa shape index (κ1) is 31.9. The number of aromatic nitrogens is 2. The van der Waals surface area contributed by atoms with Crippen LogP contribution >= 0.6 is 0 Å². The Morgan fingerprint density at radius 1 is 1.00 bits per heavy atom. The summed E-state index contributed by atoms with van der Waals surface area (Å²) in [4.78, 5) is 34.6. The fraction of sp³-hybridized carbons (Fsp3) is 0.312. The van der Waals surface area contributed by atoms with Crippen LogP contribution in [-0.4, -0.2) is 59.8 Å². The van der Waals surface area contributed by atoms with Gasteiger partial charge < -0.3 is 29.2 Å². The molecule has 0 aliphatic rings. The molecule has 0 fully saturated rings. The monoisotopic (exact) mass is 608 g/mol. The van der Waals surface area contributed by atoms with Gasteiger partial charge in [0.25, 0.3) is 5.91 Å². The minimum absolute atomic E-state index is 0.0800. The molecule has 2 heterocycles. The number of methoxy groups -OCH3 is 1. The molecular weight excluding hydrogens is 574 g/mol. The van der Waals surface area contributed by atoms with E-state index in [4.69, 9.17) is 18.9 Å². The number of fused-ring (bicyclic) bond motifs is 1. The molecule has 1 N–H and O–H groups in total. The Kier molecular flexibility index (Phi) is 9.82. The number of nitrogens with one attached hydrogen (secondary N) is 1. The number of pyridine rings is 2. The lowest BCUT2D eigenvalue weighted by atomic mass is 10.1. The van der Waals surface area contributed by atoms with E-state index in [1.807, 2.05) is 6.92 Å². The number of carbonyl (C=O) groups is 2. The van der Waals surface area contributed by atoms with Crippen LogP contribution < -0.4 is 19.5 Å². The van der Waals surface area contributed by atoms with Crippen LogP contribution in [0, 0.1) is 11.6 Å². The highest BCUT2D eigenvalue weighted by molar-refractivity contribution is 6.05. The smallest absolute Gasteiger partial charge is 0.410 e. The predicted molar refractivity (Wildman–Crippen MR) is 161 cm³/mol. The van der Waals surface area contributed by atoms with E-state index >= 15 is 8.78 Å². The van der Waals surface area contributed by atoms with Crippen molar-refractivity contribution in [2.24, 2.45) is 0 Å². The van der Waals surface area contributed by atoms with Crippen molar-refractivity contribution in [2.75, 3.05) is 32.6 Å². The summed E-state index contributed by atoms with van der Waals surface area (Å²) in [7, 11) is 3.04. The highest BCUT2D eigenvalue weighted by Gasteiger charge is 2.21. The molecule has 44 heavy (non-hydrogen) atoms. The van der Waals surface area contributed by atoms with Crippen molar-refractivity contribution in [1.82, 2.24) is 14.9 Å².